The van der Waals surface area contributed by atoms with Gasteiger partial charge in [0.2, 0.25) is 0 Å². The first kappa shape index (κ1) is 14.7. The second-order valence-electron chi connectivity index (χ2n) is 6.23. The van der Waals surface area contributed by atoms with Crippen LogP contribution in [0.3, 0.4) is 0 Å². The number of nitrogens with one attached hydrogen (secondary N) is 1. The summed E-state index contributed by atoms with van der Waals surface area (Å²) in [6, 6.07) is 9.94. The van der Waals surface area contributed by atoms with Gasteiger partial charge in [-0.3, -0.25) is 5.32 Å². The van der Waals surface area contributed by atoms with Crippen LogP contribution in [0.4, 0.5) is 10.6 Å². The summed E-state index contributed by atoms with van der Waals surface area (Å²) in [5.74, 6) is 0.579. The molecule has 5 rings (SSSR count). The molecule has 5 nitrogen and oxygen atoms in total. The van der Waals surface area contributed by atoms with Crippen LogP contribution in [0.1, 0.15) is 19.3 Å². The average molecular weight is 329 g/mol. The number of fused-ring (bicyclic) bond motifs is 3. The number of anilines is 1. The zero-order chi connectivity index (χ0) is 15.7. The maximum absolute atomic E-state index is 12.4. The molecule has 23 heavy (non-hydrogen) atoms. The lowest BCUT2D eigenvalue weighted by Gasteiger charge is -2.47. The quantitative estimate of drug-likeness (QED) is 0.935. The first-order valence-corrected chi connectivity index (χ1v) is 8.80. The van der Waals surface area contributed by atoms with Crippen molar-refractivity contribution in [2.24, 2.45) is 0 Å². The SMILES string of the molecule is O=C(Nc1nscc1-c1ccccc1)OC12CCN(CC1)CC2. The highest BCUT2D eigenvalue weighted by atomic mass is 32.1. The van der Waals surface area contributed by atoms with Crippen molar-refractivity contribution >= 4 is 23.4 Å². The summed E-state index contributed by atoms with van der Waals surface area (Å²) in [6.45, 7) is 3.08. The molecular formula is C17H19N3O2S. The van der Waals surface area contributed by atoms with E-state index in [-0.39, 0.29) is 11.7 Å². The standard InChI is InChI=1S/C17H19N3O2S/c21-16(22-17-6-9-20(10-7-17)11-8-17)18-15-14(12-23-19-15)13-4-2-1-3-5-13/h1-5,12H,6-11H2,(H,18,19,21). The van der Waals surface area contributed by atoms with E-state index in [1.54, 1.807) is 0 Å². The number of rotatable bonds is 3. The summed E-state index contributed by atoms with van der Waals surface area (Å²) >= 11 is 1.33. The van der Waals surface area contributed by atoms with E-state index < -0.39 is 0 Å². The van der Waals surface area contributed by atoms with Gasteiger partial charge in [-0.15, -0.1) is 0 Å². The molecule has 0 unspecified atom stereocenters. The second kappa shape index (κ2) is 5.94. The van der Waals surface area contributed by atoms with E-state index in [0.29, 0.717) is 5.82 Å². The Morgan fingerprint density at radius 3 is 2.57 bits per heavy atom. The van der Waals surface area contributed by atoms with Gasteiger partial charge < -0.3 is 9.64 Å². The molecule has 3 fully saturated rings. The molecule has 1 aromatic carbocycles. The zero-order valence-corrected chi connectivity index (χ0v) is 13.6. The van der Waals surface area contributed by atoms with E-state index in [1.807, 2.05) is 35.7 Å². The van der Waals surface area contributed by atoms with Gasteiger partial charge in [0.05, 0.1) is 0 Å². The molecule has 2 bridgehead atoms. The fraction of sp³-hybridized carbons (Fsp3) is 0.412. The Kier molecular flexibility index (Phi) is 3.79. The fourth-order valence-electron chi connectivity index (χ4n) is 3.42. The predicted molar refractivity (Wildman–Crippen MR) is 90.7 cm³/mol. The highest BCUT2D eigenvalue weighted by molar-refractivity contribution is 7.04. The van der Waals surface area contributed by atoms with E-state index >= 15 is 0 Å². The number of benzene rings is 1. The maximum Gasteiger partial charge on any atom is 0.413 e. The lowest BCUT2D eigenvalue weighted by molar-refractivity contribution is -0.0742. The number of nitrogens with zero attached hydrogens (tertiary/aromatic N) is 2. The first-order chi connectivity index (χ1) is 11.2. The van der Waals surface area contributed by atoms with Crippen molar-refractivity contribution in [1.82, 2.24) is 9.27 Å². The van der Waals surface area contributed by atoms with Gasteiger partial charge in [-0.25, -0.2) is 4.79 Å². The Balaban J connectivity index is 1.46. The Morgan fingerprint density at radius 1 is 1.17 bits per heavy atom. The third-order valence-electron chi connectivity index (χ3n) is 4.84. The van der Waals surface area contributed by atoms with Crippen LogP contribution >= 0.6 is 11.5 Å². The number of ether oxygens (including phenoxy) is 1. The van der Waals surface area contributed by atoms with Crippen LogP contribution in [0.25, 0.3) is 11.1 Å². The minimum absolute atomic E-state index is 0.276. The molecule has 120 valence electrons. The predicted octanol–water partition coefficient (Wildman–Crippen LogP) is 3.60. The molecule has 6 heteroatoms. The molecule has 1 aromatic heterocycles. The third-order valence-corrected chi connectivity index (χ3v) is 5.46. The molecular weight excluding hydrogens is 310 g/mol. The van der Waals surface area contributed by atoms with Crippen LogP contribution < -0.4 is 5.32 Å². The molecule has 3 aliphatic rings. The van der Waals surface area contributed by atoms with Crippen LogP contribution in [-0.4, -0.2) is 40.6 Å². The van der Waals surface area contributed by atoms with Crippen LogP contribution in [-0.2, 0) is 4.74 Å². The number of carbonyl (C=O) groups excluding carboxylic acids is 1. The number of carbonyl (C=O) groups is 1. The van der Waals surface area contributed by atoms with E-state index in [1.165, 1.54) is 11.5 Å². The Morgan fingerprint density at radius 2 is 1.87 bits per heavy atom. The molecule has 3 aliphatic heterocycles. The number of hydrogen-bond donors (Lipinski definition) is 1. The van der Waals surface area contributed by atoms with Crippen LogP contribution in [0, 0.1) is 0 Å². The van der Waals surface area contributed by atoms with Gasteiger partial charge in [0.1, 0.15) is 5.60 Å². The van der Waals surface area contributed by atoms with Crippen molar-refractivity contribution < 1.29 is 9.53 Å². The van der Waals surface area contributed by atoms with Gasteiger partial charge in [-0.2, -0.15) is 4.37 Å². The van der Waals surface area contributed by atoms with Gasteiger partial charge in [-0.1, -0.05) is 30.3 Å². The van der Waals surface area contributed by atoms with E-state index in [9.17, 15) is 4.79 Å². The van der Waals surface area contributed by atoms with E-state index in [4.69, 9.17) is 4.74 Å². The van der Waals surface area contributed by atoms with Gasteiger partial charge in [0.15, 0.2) is 5.82 Å². The van der Waals surface area contributed by atoms with E-state index in [2.05, 4.69) is 14.6 Å². The summed E-state index contributed by atoms with van der Waals surface area (Å²) in [7, 11) is 0. The van der Waals surface area contributed by atoms with Gasteiger partial charge in [-0.05, 0) is 17.1 Å². The minimum Gasteiger partial charge on any atom is -0.443 e. The largest absolute Gasteiger partial charge is 0.443 e. The highest BCUT2D eigenvalue weighted by Gasteiger charge is 2.42. The highest BCUT2D eigenvalue weighted by Crippen LogP contribution is 2.36. The summed E-state index contributed by atoms with van der Waals surface area (Å²) in [6.07, 6.45) is 2.41. The molecule has 0 atom stereocenters. The molecule has 3 saturated heterocycles. The summed E-state index contributed by atoms with van der Waals surface area (Å²) in [5.41, 5.74) is 1.70. The third kappa shape index (κ3) is 2.96. The lowest BCUT2D eigenvalue weighted by atomic mass is 9.83. The molecule has 0 saturated carbocycles. The Labute approximate surface area is 139 Å². The van der Waals surface area contributed by atoms with Gasteiger partial charge in [0.25, 0.3) is 0 Å². The van der Waals surface area contributed by atoms with Crippen LogP contribution in [0.2, 0.25) is 0 Å². The number of amides is 1. The molecule has 0 spiro atoms. The number of aromatic nitrogens is 1. The topological polar surface area (TPSA) is 54.5 Å². The van der Waals surface area contributed by atoms with Crippen molar-refractivity contribution in [3.05, 3.63) is 35.7 Å². The molecule has 0 aliphatic carbocycles. The lowest BCUT2D eigenvalue weighted by Crippen LogP contribution is -2.54. The maximum atomic E-state index is 12.4. The Hall–Kier alpha value is -1.92. The number of hydrogen-bond acceptors (Lipinski definition) is 5. The second-order valence-corrected chi connectivity index (χ2v) is 6.86. The van der Waals surface area contributed by atoms with Crippen molar-refractivity contribution in [3.63, 3.8) is 0 Å². The summed E-state index contributed by atoms with van der Waals surface area (Å²) in [4.78, 5) is 14.8. The monoisotopic (exact) mass is 329 g/mol. The van der Waals surface area contributed by atoms with E-state index in [0.717, 1.165) is 50.0 Å². The normalized spacial score (nSPS) is 26.0. The van der Waals surface area contributed by atoms with Crippen molar-refractivity contribution in [3.8, 4) is 11.1 Å². The van der Waals surface area contributed by atoms with Crippen LogP contribution in [0.15, 0.2) is 35.7 Å². The minimum atomic E-state index is -0.386. The van der Waals surface area contributed by atoms with Crippen LogP contribution in [0.5, 0.6) is 0 Å². The molecule has 4 heterocycles. The molecule has 0 radical (unpaired) electrons. The van der Waals surface area contributed by atoms with Crippen molar-refractivity contribution in [2.75, 3.05) is 25.0 Å². The van der Waals surface area contributed by atoms with Gasteiger partial charge in [0, 0.05) is 49.8 Å². The number of piperidine rings is 3. The molecule has 2 aromatic rings. The first-order valence-electron chi connectivity index (χ1n) is 7.96. The van der Waals surface area contributed by atoms with Crippen molar-refractivity contribution in [2.45, 2.75) is 24.9 Å². The smallest absolute Gasteiger partial charge is 0.413 e. The molecule has 1 amide bonds. The summed E-state index contributed by atoms with van der Waals surface area (Å²) < 4.78 is 10.1. The Bertz CT molecular complexity index is 679. The fourth-order valence-corrected chi connectivity index (χ4v) is 4.07. The zero-order valence-electron chi connectivity index (χ0n) is 12.8. The summed E-state index contributed by atoms with van der Waals surface area (Å²) in [5, 5.41) is 4.78. The molecule has 1 N–H and O–H groups in total. The van der Waals surface area contributed by atoms with Crippen molar-refractivity contribution in [1.29, 1.82) is 0 Å². The average Bonchev–Trinajstić information content (AvgIpc) is 3.05. The van der Waals surface area contributed by atoms with Gasteiger partial charge >= 0.3 is 6.09 Å².